The van der Waals surface area contributed by atoms with Crippen molar-refractivity contribution in [3.05, 3.63) is 59.1 Å². The van der Waals surface area contributed by atoms with Gasteiger partial charge in [0.25, 0.3) is 5.91 Å². The number of hydrogen-bond acceptors (Lipinski definition) is 6. The number of anilines is 1. The second-order valence-electron chi connectivity index (χ2n) is 5.39. The largest absolute Gasteiger partial charge is 0.494 e. The van der Waals surface area contributed by atoms with E-state index in [1.54, 1.807) is 24.3 Å². The number of nitrogens with one attached hydrogen (secondary N) is 1. The lowest BCUT2D eigenvalue weighted by atomic mass is 10.2. The fourth-order valence-electron chi connectivity index (χ4n) is 2.31. The van der Waals surface area contributed by atoms with E-state index in [9.17, 15) is 4.79 Å². The molecular weight excluding hydrogens is 350 g/mol. The van der Waals surface area contributed by atoms with Gasteiger partial charge < -0.3 is 14.8 Å². The third kappa shape index (κ3) is 4.37. The molecule has 0 spiro atoms. The number of nitrogens with zero attached hydrogens (tertiary/aromatic N) is 2. The van der Waals surface area contributed by atoms with Crippen LogP contribution in [0.1, 0.15) is 29.2 Å². The third-order valence-electron chi connectivity index (χ3n) is 3.58. The Labute approximate surface area is 155 Å². The molecule has 0 unspecified atom stereocenters. The first-order valence-corrected chi connectivity index (χ1v) is 9.10. The summed E-state index contributed by atoms with van der Waals surface area (Å²) in [6.45, 7) is 4.52. The summed E-state index contributed by atoms with van der Waals surface area (Å²) in [7, 11) is 0. The summed E-state index contributed by atoms with van der Waals surface area (Å²) in [5.41, 5.74) is 1.40. The van der Waals surface area contributed by atoms with E-state index in [1.165, 1.54) is 0 Å². The van der Waals surface area contributed by atoms with Crippen LogP contribution >= 0.6 is 11.5 Å². The summed E-state index contributed by atoms with van der Waals surface area (Å²) in [6, 6.07) is 14.6. The smallest absolute Gasteiger partial charge is 0.269 e. The van der Waals surface area contributed by atoms with Crippen LogP contribution in [-0.2, 0) is 6.42 Å². The van der Waals surface area contributed by atoms with E-state index in [1.807, 2.05) is 38.1 Å². The lowest BCUT2D eigenvalue weighted by molar-refractivity contribution is 0.102. The molecule has 0 aliphatic rings. The van der Waals surface area contributed by atoms with E-state index in [-0.39, 0.29) is 5.91 Å². The summed E-state index contributed by atoms with van der Waals surface area (Å²) in [6.07, 6.45) is 0.675. The van der Waals surface area contributed by atoms with Crippen molar-refractivity contribution in [1.82, 2.24) is 9.59 Å². The van der Waals surface area contributed by atoms with Crippen molar-refractivity contribution in [3.8, 4) is 17.2 Å². The molecule has 2 aromatic carbocycles. The molecule has 0 radical (unpaired) electrons. The summed E-state index contributed by atoms with van der Waals surface area (Å²) in [4.78, 5) is 12.8. The van der Waals surface area contributed by atoms with Crippen molar-refractivity contribution in [2.45, 2.75) is 20.3 Å². The van der Waals surface area contributed by atoms with Gasteiger partial charge in [-0.3, -0.25) is 4.79 Å². The monoisotopic (exact) mass is 369 g/mol. The topological polar surface area (TPSA) is 73.3 Å². The van der Waals surface area contributed by atoms with Crippen LogP contribution < -0.4 is 14.8 Å². The van der Waals surface area contributed by atoms with Crippen LogP contribution in [0.2, 0.25) is 0 Å². The molecule has 1 N–H and O–H groups in total. The maximum Gasteiger partial charge on any atom is 0.269 e. The zero-order chi connectivity index (χ0) is 18.4. The van der Waals surface area contributed by atoms with E-state index >= 15 is 0 Å². The Hall–Kier alpha value is -2.93. The van der Waals surface area contributed by atoms with Gasteiger partial charge in [-0.2, -0.15) is 0 Å². The molecule has 0 aliphatic carbocycles. The molecule has 26 heavy (non-hydrogen) atoms. The van der Waals surface area contributed by atoms with Crippen molar-refractivity contribution in [2.75, 3.05) is 11.9 Å². The van der Waals surface area contributed by atoms with E-state index in [4.69, 9.17) is 9.47 Å². The standard InChI is InChI=1S/C19H19N3O3S/c1-3-17-18(26-22-21-17)19(23)20-13-5-7-15(8-6-13)25-16-11-9-14(10-12-16)24-4-2/h5-12H,3-4H2,1-2H3,(H,20,23). The van der Waals surface area contributed by atoms with Crippen LogP contribution in [0.4, 0.5) is 5.69 Å². The van der Waals surface area contributed by atoms with Gasteiger partial charge in [-0.1, -0.05) is 11.4 Å². The predicted octanol–water partition coefficient (Wildman–Crippen LogP) is 4.54. The fourth-order valence-corrected chi connectivity index (χ4v) is 2.96. The highest BCUT2D eigenvalue weighted by atomic mass is 32.1. The van der Waals surface area contributed by atoms with Crippen LogP contribution in [-0.4, -0.2) is 22.1 Å². The second-order valence-corrected chi connectivity index (χ2v) is 6.14. The molecule has 1 amide bonds. The predicted molar refractivity (Wildman–Crippen MR) is 101 cm³/mol. The summed E-state index contributed by atoms with van der Waals surface area (Å²) < 4.78 is 15.0. The summed E-state index contributed by atoms with van der Waals surface area (Å²) in [5.74, 6) is 2.01. The highest BCUT2D eigenvalue weighted by Crippen LogP contribution is 2.25. The van der Waals surface area contributed by atoms with Gasteiger partial charge in [-0.25, -0.2) is 0 Å². The van der Waals surface area contributed by atoms with Crippen LogP contribution in [0.5, 0.6) is 17.2 Å². The number of hydrogen-bond donors (Lipinski definition) is 1. The SMILES string of the molecule is CCOc1ccc(Oc2ccc(NC(=O)c3snnc3CC)cc2)cc1. The molecule has 0 fully saturated rings. The van der Waals surface area contributed by atoms with Gasteiger partial charge in [0.05, 0.1) is 12.3 Å². The molecule has 1 heterocycles. The molecule has 3 aromatic rings. The van der Waals surface area contributed by atoms with Gasteiger partial charge in [0.15, 0.2) is 0 Å². The molecule has 6 nitrogen and oxygen atoms in total. The first-order valence-electron chi connectivity index (χ1n) is 8.33. The Morgan fingerprint density at radius 1 is 1.00 bits per heavy atom. The fraction of sp³-hybridized carbons (Fsp3) is 0.211. The first-order chi connectivity index (χ1) is 12.7. The number of carbonyl (C=O) groups is 1. The Kier molecular flexibility index (Phi) is 5.80. The Balaban J connectivity index is 1.62. The Morgan fingerprint density at radius 2 is 1.62 bits per heavy atom. The van der Waals surface area contributed by atoms with E-state index in [0.29, 0.717) is 40.8 Å². The average Bonchev–Trinajstić information content (AvgIpc) is 3.14. The van der Waals surface area contributed by atoms with Gasteiger partial charge in [0.1, 0.15) is 22.1 Å². The number of ether oxygens (including phenoxy) is 2. The molecule has 1 aromatic heterocycles. The van der Waals surface area contributed by atoms with Crippen LogP contribution in [0.25, 0.3) is 0 Å². The van der Waals surface area contributed by atoms with Gasteiger partial charge >= 0.3 is 0 Å². The Bertz CT molecular complexity index is 860. The van der Waals surface area contributed by atoms with Crippen molar-refractivity contribution >= 4 is 23.1 Å². The normalized spacial score (nSPS) is 10.4. The maximum absolute atomic E-state index is 12.3. The molecular formula is C19H19N3O3S. The van der Waals surface area contributed by atoms with Gasteiger partial charge in [-0.15, -0.1) is 5.10 Å². The number of amides is 1. The summed E-state index contributed by atoms with van der Waals surface area (Å²) >= 11 is 1.10. The first kappa shape index (κ1) is 17.9. The molecule has 0 bridgehead atoms. The van der Waals surface area contributed by atoms with E-state index in [0.717, 1.165) is 17.3 Å². The second kappa shape index (κ2) is 8.44. The number of aromatic nitrogens is 2. The molecule has 3 rings (SSSR count). The van der Waals surface area contributed by atoms with E-state index in [2.05, 4.69) is 14.9 Å². The maximum atomic E-state index is 12.3. The Morgan fingerprint density at radius 3 is 2.23 bits per heavy atom. The molecule has 0 saturated heterocycles. The lowest BCUT2D eigenvalue weighted by Crippen LogP contribution is -2.12. The lowest BCUT2D eigenvalue weighted by Gasteiger charge is -2.09. The molecule has 7 heteroatoms. The van der Waals surface area contributed by atoms with Gasteiger partial charge in [0, 0.05) is 5.69 Å². The molecule has 134 valence electrons. The zero-order valence-electron chi connectivity index (χ0n) is 14.6. The van der Waals surface area contributed by atoms with Crippen LogP contribution in [0, 0.1) is 0 Å². The van der Waals surface area contributed by atoms with Gasteiger partial charge in [0.2, 0.25) is 0 Å². The number of rotatable bonds is 7. The minimum atomic E-state index is -0.197. The van der Waals surface area contributed by atoms with Crippen molar-refractivity contribution in [2.24, 2.45) is 0 Å². The average molecular weight is 369 g/mol. The zero-order valence-corrected chi connectivity index (χ0v) is 15.4. The van der Waals surface area contributed by atoms with Crippen molar-refractivity contribution in [1.29, 1.82) is 0 Å². The number of aryl methyl sites for hydroxylation is 1. The highest BCUT2D eigenvalue weighted by molar-refractivity contribution is 7.08. The minimum absolute atomic E-state index is 0.197. The highest BCUT2D eigenvalue weighted by Gasteiger charge is 2.15. The molecule has 0 saturated carbocycles. The quantitative estimate of drug-likeness (QED) is 0.662. The molecule has 0 atom stereocenters. The van der Waals surface area contributed by atoms with Gasteiger partial charge in [-0.05, 0) is 73.4 Å². The van der Waals surface area contributed by atoms with Crippen molar-refractivity contribution < 1.29 is 14.3 Å². The van der Waals surface area contributed by atoms with E-state index < -0.39 is 0 Å². The molecule has 0 aliphatic heterocycles. The van der Waals surface area contributed by atoms with Crippen LogP contribution in [0.15, 0.2) is 48.5 Å². The third-order valence-corrected chi connectivity index (χ3v) is 4.35. The van der Waals surface area contributed by atoms with Crippen molar-refractivity contribution in [3.63, 3.8) is 0 Å². The number of carbonyl (C=O) groups excluding carboxylic acids is 1. The summed E-state index contributed by atoms with van der Waals surface area (Å²) in [5, 5.41) is 6.81. The number of benzene rings is 2. The minimum Gasteiger partial charge on any atom is -0.494 e. The van der Waals surface area contributed by atoms with Crippen LogP contribution in [0.3, 0.4) is 0 Å².